The summed E-state index contributed by atoms with van der Waals surface area (Å²) in [6.45, 7) is 0. The van der Waals surface area contributed by atoms with Crippen LogP contribution in [-0.4, -0.2) is 48.5 Å². The lowest BCUT2D eigenvalue weighted by molar-refractivity contribution is -0.122. The molecule has 0 bridgehead atoms. The molecule has 0 spiro atoms. The number of alkyl halides is 2. The van der Waals surface area contributed by atoms with Crippen LogP contribution in [0.15, 0.2) is 30.7 Å². The zero-order chi connectivity index (χ0) is 19.9. The monoisotopic (exact) mass is 389 g/mol. The van der Waals surface area contributed by atoms with Gasteiger partial charge in [0.1, 0.15) is 29.4 Å². The number of aromatic nitrogens is 6. The van der Waals surface area contributed by atoms with Gasteiger partial charge in [0, 0.05) is 19.7 Å². The summed E-state index contributed by atoms with van der Waals surface area (Å²) in [6.07, 6.45) is 2.98. The molecule has 3 aromatic heterocycles. The minimum Gasteiger partial charge on any atom is -0.479 e. The summed E-state index contributed by atoms with van der Waals surface area (Å²) >= 11 is 0. The van der Waals surface area contributed by atoms with Gasteiger partial charge in [-0.05, 0) is 18.6 Å². The summed E-state index contributed by atoms with van der Waals surface area (Å²) in [5.41, 5.74) is 0.575. The third-order valence-corrected chi connectivity index (χ3v) is 4.60. The van der Waals surface area contributed by atoms with Crippen molar-refractivity contribution in [2.45, 2.75) is 24.8 Å². The molecular weight excluding hydrogens is 372 g/mol. The molecule has 1 aliphatic carbocycles. The van der Waals surface area contributed by atoms with Gasteiger partial charge in [-0.25, -0.2) is 13.8 Å². The summed E-state index contributed by atoms with van der Waals surface area (Å²) in [6, 6.07) is 3.87. The van der Waals surface area contributed by atoms with E-state index >= 15 is 0 Å². The highest BCUT2D eigenvalue weighted by atomic mass is 19.3. The van der Waals surface area contributed by atoms with E-state index in [0.717, 1.165) is 0 Å². The zero-order valence-corrected chi connectivity index (χ0v) is 15.1. The van der Waals surface area contributed by atoms with Gasteiger partial charge in [-0.15, -0.1) is 15.3 Å². The molecule has 146 valence electrons. The number of hydrogen-bond donors (Lipinski definition) is 1. The van der Waals surface area contributed by atoms with Crippen LogP contribution in [0.25, 0.3) is 11.5 Å². The number of hydrogen-bond acceptors (Lipinski definition) is 6. The van der Waals surface area contributed by atoms with E-state index in [1.807, 2.05) is 0 Å². The molecule has 1 saturated carbocycles. The van der Waals surface area contributed by atoms with Crippen molar-refractivity contribution in [2.75, 3.05) is 12.4 Å². The second-order valence-corrected chi connectivity index (χ2v) is 6.47. The number of halogens is 2. The van der Waals surface area contributed by atoms with Gasteiger partial charge in [-0.3, -0.25) is 9.48 Å². The van der Waals surface area contributed by atoms with Gasteiger partial charge in [0.25, 0.3) is 11.8 Å². The number of methoxy groups -OCH3 is 1. The first kappa shape index (κ1) is 18.0. The normalized spacial score (nSPS) is 17.8. The third kappa shape index (κ3) is 3.08. The summed E-state index contributed by atoms with van der Waals surface area (Å²) < 4.78 is 35.5. The predicted octanol–water partition coefficient (Wildman–Crippen LogP) is 2.30. The van der Waals surface area contributed by atoms with Crippen LogP contribution in [0.1, 0.15) is 29.2 Å². The van der Waals surface area contributed by atoms with Crippen LogP contribution in [0.3, 0.4) is 0 Å². The molecule has 1 atom stereocenters. The number of aryl methyl sites for hydroxylation is 1. The molecular formula is C17H17F2N7O2. The average molecular weight is 389 g/mol. The van der Waals surface area contributed by atoms with E-state index in [-0.39, 0.29) is 29.5 Å². The van der Waals surface area contributed by atoms with Gasteiger partial charge in [0.2, 0.25) is 5.88 Å². The number of nitrogens with one attached hydrogen (secondary N) is 1. The minimum absolute atomic E-state index is 0.161. The molecule has 0 unspecified atom stereocenters. The predicted molar refractivity (Wildman–Crippen MR) is 94.2 cm³/mol. The van der Waals surface area contributed by atoms with Gasteiger partial charge < -0.3 is 14.6 Å². The van der Waals surface area contributed by atoms with Crippen molar-refractivity contribution in [3.63, 3.8) is 0 Å². The molecule has 1 fully saturated rings. The fraction of sp³-hybridized carbons (Fsp3) is 0.353. The quantitative estimate of drug-likeness (QED) is 0.719. The van der Waals surface area contributed by atoms with Crippen molar-refractivity contribution in [3.05, 3.63) is 36.3 Å². The maximum absolute atomic E-state index is 13.8. The fourth-order valence-electron chi connectivity index (χ4n) is 3.08. The first-order valence-electron chi connectivity index (χ1n) is 8.53. The van der Waals surface area contributed by atoms with E-state index in [4.69, 9.17) is 4.74 Å². The smallest absolute Gasteiger partial charge is 0.268 e. The topological polar surface area (TPSA) is 99.8 Å². The summed E-state index contributed by atoms with van der Waals surface area (Å²) in [4.78, 5) is 16.8. The second-order valence-electron chi connectivity index (χ2n) is 6.47. The van der Waals surface area contributed by atoms with Gasteiger partial charge >= 0.3 is 0 Å². The number of nitrogens with zero attached hydrogens (tertiary/aromatic N) is 6. The second kappa shape index (κ2) is 6.66. The molecule has 11 heteroatoms. The lowest BCUT2D eigenvalue weighted by atomic mass is 9.87. The molecule has 0 radical (unpaired) electrons. The lowest BCUT2D eigenvalue weighted by Crippen LogP contribution is -2.40. The zero-order valence-electron chi connectivity index (χ0n) is 15.1. The summed E-state index contributed by atoms with van der Waals surface area (Å²) in [7, 11) is 3.09. The molecule has 1 amide bonds. The van der Waals surface area contributed by atoms with E-state index in [9.17, 15) is 13.6 Å². The van der Waals surface area contributed by atoms with Crippen LogP contribution < -0.4 is 10.1 Å². The molecule has 4 rings (SSSR count). The van der Waals surface area contributed by atoms with Crippen molar-refractivity contribution in [1.29, 1.82) is 0 Å². The van der Waals surface area contributed by atoms with Crippen LogP contribution in [0.5, 0.6) is 5.88 Å². The van der Waals surface area contributed by atoms with Crippen LogP contribution in [0.2, 0.25) is 0 Å². The van der Waals surface area contributed by atoms with E-state index in [2.05, 4.69) is 25.6 Å². The maximum Gasteiger partial charge on any atom is 0.268 e. The molecule has 0 saturated heterocycles. The first-order chi connectivity index (χ1) is 13.4. The van der Waals surface area contributed by atoms with Gasteiger partial charge in [-0.1, -0.05) is 6.07 Å². The van der Waals surface area contributed by atoms with E-state index < -0.39 is 17.9 Å². The molecule has 3 heterocycles. The Morgan fingerprint density at radius 2 is 2.21 bits per heavy atom. The molecule has 28 heavy (non-hydrogen) atoms. The minimum atomic E-state index is -2.79. The Hall–Kier alpha value is -3.37. The number of amides is 1. The molecule has 1 aliphatic rings. The number of anilines is 1. The Kier molecular flexibility index (Phi) is 4.28. The Morgan fingerprint density at radius 3 is 2.89 bits per heavy atom. The average Bonchev–Trinajstić information content (AvgIpc) is 3.27. The van der Waals surface area contributed by atoms with Crippen LogP contribution in [0, 0.1) is 0 Å². The SMILES string of the molecule is COc1nn(C)cc1C(=O)Nc1cccc(-c2nncn2[C@@H]2CCC2(F)F)n1. The molecule has 0 aliphatic heterocycles. The third-order valence-electron chi connectivity index (χ3n) is 4.60. The van der Waals surface area contributed by atoms with Crippen molar-refractivity contribution in [3.8, 4) is 17.4 Å². The Bertz CT molecular complexity index is 1030. The summed E-state index contributed by atoms with van der Waals surface area (Å²) in [5.74, 6) is -2.60. The van der Waals surface area contributed by atoms with Crippen molar-refractivity contribution >= 4 is 11.7 Å². The highest BCUT2D eigenvalue weighted by Gasteiger charge is 2.50. The molecule has 9 nitrogen and oxygen atoms in total. The first-order valence-corrected chi connectivity index (χ1v) is 8.53. The Morgan fingerprint density at radius 1 is 1.39 bits per heavy atom. The van der Waals surface area contributed by atoms with Crippen LogP contribution in [-0.2, 0) is 7.05 Å². The number of carbonyl (C=O) groups excluding carboxylic acids is 1. The Labute approximate surface area is 158 Å². The standard InChI is InChI=1S/C17H17F2N7O2/c1-25-8-10(16(24-25)28-2)15(27)22-13-5-3-4-11(21-13)14-23-20-9-26(14)12-6-7-17(12,18)19/h3-5,8-9,12H,6-7H2,1-2H3,(H,21,22,27)/t12-/m1/s1. The van der Waals surface area contributed by atoms with Crippen molar-refractivity contribution in [1.82, 2.24) is 29.5 Å². The highest BCUT2D eigenvalue weighted by molar-refractivity contribution is 6.05. The molecule has 0 aromatic carbocycles. The Balaban J connectivity index is 1.59. The fourth-order valence-corrected chi connectivity index (χ4v) is 3.08. The van der Waals surface area contributed by atoms with E-state index in [0.29, 0.717) is 12.1 Å². The van der Waals surface area contributed by atoms with Gasteiger partial charge in [0.05, 0.1) is 7.11 Å². The van der Waals surface area contributed by atoms with Gasteiger partial charge in [-0.2, -0.15) is 0 Å². The van der Waals surface area contributed by atoms with Gasteiger partial charge in [0.15, 0.2) is 5.82 Å². The maximum atomic E-state index is 13.8. The number of ether oxygens (including phenoxy) is 1. The van der Waals surface area contributed by atoms with E-state index in [1.54, 1.807) is 25.2 Å². The number of rotatable bonds is 5. The lowest BCUT2D eigenvalue weighted by Gasteiger charge is -2.37. The molecule has 3 aromatic rings. The highest BCUT2D eigenvalue weighted by Crippen LogP contribution is 2.47. The number of carbonyl (C=O) groups is 1. The van der Waals surface area contributed by atoms with Crippen molar-refractivity contribution < 1.29 is 18.3 Å². The van der Waals surface area contributed by atoms with Crippen molar-refractivity contribution in [2.24, 2.45) is 7.05 Å². The van der Waals surface area contributed by atoms with Crippen LogP contribution >= 0.6 is 0 Å². The molecule has 1 N–H and O–H groups in total. The van der Waals surface area contributed by atoms with E-state index in [1.165, 1.54) is 28.9 Å². The summed E-state index contributed by atoms with van der Waals surface area (Å²) in [5, 5.41) is 14.4. The largest absolute Gasteiger partial charge is 0.479 e. The van der Waals surface area contributed by atoms with Crippen LogP contribution in [0.4, 0.5) is 14.6 Å². The number of pyridine rings is 1.